The van der Waals surface area contributed by atoms with Crippen molar-refractivity contribution in [3.05, 3.63) is 35.5 Å². The summed E-state index contributed by atoms with van der Waals surface area (Å²) in [6.07, 6.45) is 5.86. The Hall–Kier alpha value is -1.75. The molecule has 0 aliphatic carbocycles. The van der Waals surface area contributed by atoms with E-state index in [1.807, 2.05) is 18.5 Å². The van der Waals surface area contributed by atoms with E-state index in [9.17, 15) is 0 Å². The molecule has 0 amide bonds. The molecular weight excluding hydrogens is 202 g/mol. The van der Waals surface area contributed by atoms with Gasteiger partial charge < -0.3 is 5.73 Å². The molecule has 5 heteroatoms. The van der Waals surface area contributed by atoms with Gasteiger partial charge in [0.15, 0.2) is 5.82 Å². The van der Waals surface area contributed by atoms with Gasteiger partial charge in [-0.15, -0.1) is 0 Å². The predicted molar refractivity (Wildman–Crippen MR) is 61.4 cm³/mol. The lowest BCUT2D eigenvalue weighted by atomic mass is 10.1. The summed E-state index contributed by atoms with van der Waals surface area (Å²) in [5.74, 6) is 0.742. The van der Waals surface area contributed by atoms with Crippen molar-refractivity contribution in [2.75, 3.05) is 6.54 Å². The van der Waals surface area contributed by atoms with Gasteiger partial charge in [0.25, 0.3) is 0 Å². The summed E-state index contributed by atoms with van der Waals surface area (Å²) in [6.45, 7) is 4.65. The summed E-state index contributed by atoms with van der Waals surface area (Å²) >= 11 is 0. The Morgan fingerprint density at radius 3 is 2.75 bits per heavy atom. The van der Waals surface area contributed by atoms with E-state index >= 15 is 0 Å². The van der Waals surface area contributed by atoms with Crippen LogP contribution in [0.15, 0.2) is 18.6 Å². The molecule has 0 aromatic carbocycles. The molecule has 84 valence electrons. The van der Waals surface area contributed by atoms with Crippen LogP contribution in [-0.2, 0) is 6.42 Å². The maximum Gasteiger partial charge on any atom is 0.172 e. The van der Waals surface area contributed by atoms with Crippen molar-refractivity contribution in [2.24, 2.45) is 5.73 Å². The number of aromatic nitrogens is 4. The predicted octanol–water partition coefficient (Wildman–Crippen LogP) is 0.780. The molecule has 0 saturated heterocycles. The highest BCUT2D eigenvalue weighted by Gasteiger charge is 2.12. The lowest BCUT2D eigenvalue weighted by Gasteiger charge is -2.02. The van der Waals surface area contributed by atoms with Crippen LogP contribution in [-0.4, -0.2) is 26.3 Å². The monoisotopic (exact) mass is 217 g/mol. The first-order valence-electron chi connectivity index (χ1n) is 5.25. The minimum atomic E-state index is 0.633. The van der Waals surface area contributed by atoms with Crippen LogP contribution >= 0.6 is 0 Å². The van der Waals surface area contributed by atoms with Crippen molar-refractivity contribution < 1.29 is 0 Å². The number of hydrogen-bond donors (Lipinski definition) is 1. The Kier molecular flexibility index (Phi) is 2.96. The van der Waals surface area contributed by atoms with Crippen LogP contribution in [0.25, 0.3) is 5.82 Å². The molecule has 0 aliphatic heterocycles. The number of hydrogen-bond acceptors (Lipinski definition) is 4. The van der Waals surface area contributed by atoms with Gasteiger partial charge in [-0.3, -0.25) is 4.98 Å². The van der Waals surface area contributed by atoms with E-state index in [2.05, 4.69) is 15.1 Å². The molecule has 2 N–H and O–H groups in total. The van der Waals surface area contributed by atoms with Gasteiger partial charge in [0.05, 0.1) is 11.9 Å². The van der Waals surface area contributed by atoms with Crippen LogP contribution in [0.2, 0.25) is 0 Å². The maximum atomic E-state index is 5.58. The molecule has 2 aromatic rings. The average molecular weight is 217 g/mol. The van der Waals surface area contributed by atoms with Gasteiger partial charge >= 0.3 is 0 Å². The fourth-order valence-electron chi connectivity index (χ4n) is 1.80. The summed E-state index contributed by atoms with van der Waals surface area (Å²) in [5, 5.41) is 4.46. The third-order valence-corrected chi connectivity index (χ3v) is 2.60. The molecular formula is C11H15N5. The smallest absolute Gasteiger partial charge is 0.172 e. The van der Waals surface area contributed by atoms with Crippen LogP contribution in [0.4, 0.5) is 0 Å². The molecule has 2 aromatic heterocycles. The lowest BCUT2D eigenvalue weighted by molar-refractivity contribution is 0.797. The molecule has 0 radical (unpaired) electrons. The van der Waals surface area contributed by atoms with Crippen molar-refractivity contribution in [1.82, 2.24) is 19.7 Å². The summed E-state index contributed by atoms with van der Waals surface area (Å²) in [4.78, 5) is 8.27. The Morgan fingerprint density at radius 2 is 2.12 bits per heavy atom. The van der Waals surface area contributed by atoms with Crippen LogP contribution in [0.5, 0.6) is 0 Å². The maximum absolute atomic E-state index is 5.58. The van der Waals surface area contributed by atoms with Crippen molar-refractivity contribution >= 4 is 0 Å². The first-order valence-corrected chi connectivity index (χ1v) is 5.25. The quantitative estimate of drug-likeness (QED) is 0.824. The molecule has 2 rings (SSSR count). The highest BCUT2D eigenvalue weighted by atomic mass is 15.3. The highest BCUT2D eigenvalue weighted by Crippen LogP contribution is 2.16. The first-order chi connectivity index (χ1) is 7.74. The van der Waals surface area contributed by atoms with Gasteiger partial charge in [-0.1, -0.05) is 0 Å². The average Bonchev–Trinajstić information content (AvgIpc) is 2.59. The van der Waals surface area contributed by atoms with E-state index in [4.69, 9.17) is 5.73 Å². The minimum Gasteiger partial charge on any atom is -0.330 e. The second-order valence-corrected chi connectivity index (χ2v) is 3.66. The summed E-state index contributed by atoms with van der Waals surface area (Å²) in [6, 6.07) is 0. The third kappa shape index (κ3) is 1.81. The fourth-order valence-corrected chi connectivity index (χ4v) is 1.80. The Morgan fingerprint density at radius 1 is 1.31 bits per heavy atom. The molecule has 16 heavy (non-hydrogen) atoms. The fraction of sp³-hybridized carbons (Fsp3) is 0.364. The lowest BCUT2D eigenvalue weighted by Crippen LogP contribution is -2.05. The zero-order chi connectivity index (χ0) is 11.5. The standard InChI is InChI=1S/C11H15N5/c1-8-10(3-4-12)9(2)16(15-8)11-7-13-5-6-14-11/h5-7H,3-4,12H2,1-2H3. The number of nitrogens with two attached hydrogens (primary N) is 1. The highest BCUT2D eigenvalue weighted by molar-refractivity contribution is 5.31. The normalized spacial score (nSPS) is 10.7. The van der Waals surface area contributed by atoms with E-state index in [1.165, 1.54) is 5.56 Å². The van der Waals surface area contributed by atoms with Crippen molar-refractivity contribution in [3.8, 4) is 5.82 Å². The Balaban J connectivity index is 2.47. The van der Waals surface area contributed by atoms with Crippen LogP contribution < -0.4 is 5.73 Å². The van der Waals surface area contributed by atoms with Gasteiger partial charge in [0.1, 0.15) is 0 Å². The number of rotatable bonds is 3. The van der Waals surface area contributed by atoms with Crippen molar-refractivity contribution in [3.63, 3.8) is 0 Å². The first kappa shape index (κ1) is 10.8. The van der Waals surface area contributed by atoms with Gasteiger partial charge in [-0.05, 0) is 32.4 Å². The number of aryl methyl sites for hydroxylation is 1. The zero-order valence-corrected chi connectivity index (χ0v) is 9.51. The SMILES string of the molecule is Cc1nn(-c2cnccn2)c(C)c1CCN. The molecule has 0 bridgehead atoms. The second-order valence-electron chi connectivity index (χ2n) is 3.66. The third-order valence-electron chi connectivity index (χ3n) is 2.60. The van der Waals surface area contributed by atoms with Gasteiger partial charge in [0.2, 0.25) is 0 Å². The molecule has 0 fully saturated rings. The molecule has 0 aliphatic rings. The largest absolute Gasteiger partial charge is 0.330 e. The Bertz CT molecular complexity index is 475. The second kappa shape index (κ2) is 4.40. The van der Waals surface area contributed by atoms with E-state index in [0.717, 1.165) is 23.6 Å². The molecule has 0 spiro atoms. The molecule has 0 saturated carbocycles. The topological polar surface area (TPSA) is 69.6 Å². The van der Waals surface area contributed by atoms with Crippen molar-refractivity contribution in [1.29, 1.82) is 0 Å². The zero-order valence-electron chi connectivity index (χ0n) is 9.51. The van der Waals surface area contributed by atoms with E-state index < -0.39 is 0 Å². The molecule has 0 atom stereocenters. The molecule has 0 unspecified atom stereocenters. The van der Waals surface area contributed by atoms with E-state index in [0.29, 0.717) is 6.54 Å². The van der Waals surface area contributed by atoms with Crippen LogP contribution in [0, 0.1) is 13.8 Å². The number of nitrogens with zero attached hydrogens (tertiary/aromatic N) is 4. The van der Waals surface area contributed by atoms with Crippen LogP contribution in [0.3, 0.4) is 0 Å². The van der Waals surface area contributed by atoms with Crippen LogP contribution in [0.1, 0.15) is 17.0 Å². The summed E-state index contributed by atoms with van der Waals surface area (Å²) in [7, 11) is 0. The van der Waals surface area contributed by atoms with E-state index in [-0.39, 0.29) is 0 Å². The van der Waals surface area contributed by atoms with E-state index in [1.54, 1.807) is 18.6 Å². The van der Waals surface area contributed by atoms with Gasteiger partial charge in [0, 0.05) is 18.1 Å². The minimum absolute atomic E-state index is 0.633. The van der Waals surface area contributed by atoms with Gasteiger partial charge in [-0.25, -0.2) is 9.67 Å². The van der Waals surface area contributed by atoms with Gasteiger partial charge in [-0.2, -0.15) is 5.10 Å². The summed E-state index contributed by atoms with van der Waals surface area (Å²) < 4.78 is 1.81. The van der Waals surface area contributed by atoms with Crippen molar-refractivity contribution in [2.45, 2.75) is 20.3 Å². The molecule has 2 heterocycles. The Labute approximate surface area is 94.3 Å². The molecule has 5 nitrogen and oxygen atoms in total. The summed E-state index contributed by atoms with van der Waals surface area (Å²) in [5.41, 5.74) is 8.88.